The maximum Gasteiger partial charge on any atom is 0.121 e. The van der Waals surface area contributed by atoms with Crippen molar-refractivity contribution in [3.63, 3.8) is 0 Å². The number of hydrogen-bond acceptors (Lipinski definition) is 3. The van der Waals surface area contributed by atoms with Gasteiger partial charge in [-0.1, -0.05) is 0 Å². The molecular weight excluding hydrogens is 248 g/mol. The lowest BCUT2D eigenvalue weighted by molar-refractivity contribution is 0.0107. The number of nitrogens with two attached hydrogens (primary N) is 1. The van der Waals surface area contributed by atoms with E-state index in [9.17, 15) is 0 Å². The summed E-state index contributed by atoms with van der Waals surface area (Å²) in [6.07, 6.45) is 8.39. The van der Waals surface area contributed by atoms with Gasteiger partial charge in [-0.3, -0.25) is 0 Å². The maximum atomic E-state index is 6.16. The quantitative estimate of drug-likeness (QED) is 0.826. The van der Waals surface area contributed by atoms with Crippen molar-refractivity contribution < 1.29 is 4.74 Å². The Hall–Kier alpha value is -1.38. The minimum atomic E-state index is 0.301. The normalized spacial score (nSPS) is 38.0. The van der Waals surface area contributed by atoms with Crippen LogP contribution in [0.2, 0.25) is 0 Å². The fourth-order valence-electron chi connectivity index (χ4n) is 5.32. The first-order chi connectivity index (χ1) is 9.66. The molecule has 0 spiro atoms. The molecule has 4 bridgehead atoms. The van der Waals surface area contributed by atoms with Gasteiger partial charge in [-0.15, -0.1) is 0 Å². The molecule has 1 aromatic rings. The first kappa shape index (κ1) is 12.4. The largest absolute Gasteiger partial charge is 0.497 e. The van der Waals surface area contributed by atoms with Gasteiger partial charge in [0.25, 0.3) is 0 Å². The first-order valence-corrected chi connectivity index (χ1v) is 7.87. The van der Waals surface area contributed by atoms with Gasteiger partial charge >= 0.3 is 0 Å². The third-order valence-electron chi connectivity index (χ3n) is 5.70. The minimum Gasteiger partial charge on any atom is -0.497 e. The minimum absolute atomic E-state index is 0.301. The SMILES string of the molecule is COc1ccc(N)c(NC23CC4CC(CC(C4)C2)C3)c1. The molecule has 108 valence electrons. The molecule has 0 unspecified atom stereocenters. The molecule has 3 heteroatoms. The molecule has 0 aliphatic heterocycles. The van der Waals surface area contributed by atoms with Crippen molar-refractivity contribution >= 4 is 11.4 Å². The molecule has 0 atom stereocenters. The molecule has 0 heterocycles. The smallest absolute Gasteiger partial charge is 0.121 e. The van der Waals surface area contributed by atoms with Crippen LogP contribution in [0.4, 0.5) is 11.4 Å². The molecule has 4 saturated carbocycles. The van der Waals surface area contributed by atoms with E-state index in [1.807, 2.05) is 18.2 Å². The molecule has 0 amide bonds. The van der Waals surface area contributed by atoms with E-state index < -0.39 is 0 Å². The van der Waals surface area contributed by atoms with Crippen molar-refractivity contribution in [1.82, 2.24) is 0 Å². The Balaban J connectivity index is 1.62. The summed E-state index contributed by atoms with van der Waals surface area (Å²) in [7, 11) is 1.71. The second-order valence-corrected chi connectivity index (χ2v) is 7.28. The lowest BCUT2D eigenvalue weighted by atomic mass is 9.53. The summed E-state index contributed by atoms with van der Waals surface area (Å²) >= 11 is 0. The average molecular weight is 272 g/mol. The second kappa shape index (κ2) is 4.31. The van der Waals surface area contributed by atoms with E-state index in [2.05, 4.69) is 5.32 Å². The highest BCUT2D eigenvalue weighted by Crippen LogP contribution is 2.56. The highest BCUT2D eigenvalue weighted by Gasteiger charge is 2.50. The van der Waals surface area contributed by atoms with Crippen molar-refractivity contribution in [3.05, 3.63) is 18.2 Å². The molecule has 20 heavy (non-hydrogen) atoms. The second-order valence-electron chi connectivity index (χ2n) is 7.28. The van der Waals surface area contributed by atoms with Crippen LogP contribution < -0.4 is 15.8 Å². The molecule has 3 N–H and O–H groups in total. The highest BCUT2D eigenvalue weighted by molar-refractivity contribution is 5.69. The lowest BCUT2D eigenvalue weighted by Crippen LogP contribution is -2.54. The molecule has 4 fully saturated rings. The molecule has 0 radical (unpaired) electrons. The first-order valence-electron chi connectivity index (χ1n) is 7.87. The van der Waals surface area contributed by atoms with Gasteiger partial charge in [0.15, 0.2) is 0 Å². The number of nitrogen functional groups attached to an aromatic ring is 1. The van der Waals surface area contributed by atoms with E-state index in [0.29, 0.717) is 5.54 Å². The Morgan fingerprint density at radius 1 is 1.10 bits per heavy atom. The molecule has 5 rings (SSSR count). The van der Waals surface area contributed by atoms with Gasteiger partial charge < -0.3 is 15.8 Å². The van der Waals surface area contributed by atoms with Crippen molar-refractivity contribution in [3.8, 4) is 5.75 Å². The summed E-state index contributed by atoms with van der Waals surface area (Å²) in [6.45, 7) is 0. The summed E-state index contributed by atoms with van der Waals surface area (Å²) in [4.78, 5) is 0. The van der Waals surface area contributed by atoms with Crippen LogP contribution in [0.1, 0.15) is 38.5 Å². The average Bonchev–Trinajstić information content (AvgIpc) is 2.39. The van der Waals surface area contributed by atoms with Gasteiger partial charge in [-0.05, 0) is 68.4 Å². The van der Waals surface area contributed by atoms with Gasteiger partial charge in [-0.2, -0.15) is 0 Å². The summed E-state index contributed by atoms with van der Waals surface area (Å²) in [5.41, 5.74) is 8.35. The number of rotatable bonds is 3. The standard InChI is InChI=1S/C17H24N2O/c1-20-14-2-3-15(18)16(7-14)19-17-8-11-4-12(9-17)6-13(5-11)10-17/h2-3,7,11-13,19H,4-6,8-10,18H2,1H3. The zero-order valence-electron chi connectivity index (χ0n) is 12.2. The molecule has 0 aromatic heterocycles. The van der Waals surface area contributed by atoms with Crippen LogP contribution in [-0.2, 0) is 0 Å². The van der Waals surface area contributed by atoms with Crippen LogP contribution in [0.25, 0.3) is 0 Å². The highest BCUT2D eigenvalue weighted by atomic mass is 16.5. The Labute approximate surface area is 120 Å². The third-order valence-corrected chi connectivity index (χ3v) is 5.70. The van der Waals surface area contributed by atoms with Crippen LogP contribution >= 0.6 is 0 Å². The van der Waals surface area contributed by atoms with Crippen LogP contribution in [0.5, 0.6) is 5.75 Å². The van der Waals surface area contributed by atoms with Gasteiger partial charge in [0.2, 0.25) is 0 Å². The monoisotopic (exact) mass is 272 g/mol. The number of anilines is 2. The number of ether oxygens (including phenoxy) is 1. The van der Waals surface area contributed by atoms with Crippen molar-refractivity contribution in [2.24, 2.45) is 17.8 Å². The zero-order valence-corrected chi connectivity index (χ0v) is 12.2. The van der Waals surface area contributed by atoms with Crippen molar-refractivity contribution in [2.75, 3.05) is 18.2 Å². The molecule has 4 aliphatic rings. The van der Waals surface area contributed by atoms with E-state index in [0.717, 1.165) is 34.9 Å². The molecule has 0 saturated heterocycles. The van der Waals surface area contributed by atoms with Gasteiger partial charge in [0, 0.05) is 11.6 Å². The Bertz CT molecular complexity index is 490. The zero-order chi connectivity index (χ0) is 13.7. The Kier molecular flexibility index (Phi) is 2.66. The molecule has 1 aromatic carbocycles. The van der Waals surface area contributed by atoms with E-state index in [1.165, 1.54) is 38.5 Å². The summed E-state index contributed by atoms with van der Waals surface area (Å²) in [5, 5.41) is 3.82. The van der Waals surface area contributed by atoms with Crippen LogP contribution in [0.3, 0.4) is 0 Å². The third kappa shape index (κ3) is 1.95. The van der Waals surface area contributed by atoms with Crippen LogP contribution in [0, 0.1) is 17.8 Å². The lowest BCUT2D eigenvalue weighted by Gasteiger charge is -2.57. The maximum absolute atomic E-state index is 6.16. The molecular formula is C17H24N2O. The number of methoxy groups -OCH3 is 1. The van der Waals surface area contributed by atoms with Crippen LogP contribution in [0.15, 0.2) is 18.2 Å². The number of benzene rings is 1. The molecule has 4 aliphatic carbocycles. The molecule has 3 nitrogen and oxygen atoms in total. The fourth-order valence-corrected chi connectivity index (χ4v) is 5.32. The van der Waals surface area contributed by atoms with Gasteiger partial charge in [-0.25, -0.2) is 0 Å². The predicted octanol–water partition coefficient (Wildman–Crippen LogP) is 3.66. The topological polar surface area (TPSA) is 47.3 Å². The number of hydrogen-bond donors (Lipinski definition) is 2. The Morgan fingerprint density at radius 3 is 2.25 bits per heavy atom. The van der Waals surface area contributed by atoms with Crippen molar-refractivity contribution in [2.45, 2.75) is 44.1 Å². The fraction of sp³-hybridized carbons (Fsp3) is 0.647. The van der Waals surface area contributed by atoms with E-state index >= 15 is 0 Å². The summed E-state index contributed by atoms with van der Waals surface area (Å²) in [6, 6.07) is 5.93. The van der Waals surface area contributed by atoms with Gasteiger partial charge in [0.1, 0.15) is 5.75 Å². The van der Waals surface area contributed by atoms with Crippen molar-refractivity contribution in [1.29, 1.82) is 0 Å². The predicted molar refractivity (Wildman–Crippen MR) is 81.9 cm³/mol. The van der Waals surface area contributed by atoms with E-state index in [-0.39, 0.29) is 0 Å². The summed E-state index contributed by atoms with van der Waals surface area (Å²) in [5.74, 6) is 3.72. The van der Waals surface area contributed by atoms with Gasteiger partial charge in [0.05, 0.1) is 18.5 Å². The summed E-state index contributed by atoms with van der Waals surface area (Å²) < 4.78 is 5.34. The van der Waals surface area contributed by atoms with E-state index in [4.69, 9.17) is 10.5 Å². The number of nitrogens with one attached hydrogen (secondary N) is 1. The van der Waals surface area contributed by atoms with E-state index in [1.54, 1.807) is 7.11 Å². The Morgan fingerprint density at radius 2 is 1.70 bits per heavy atom. The van der Waals surface area contributed by atoms with Crippen LogP contribution in [-0.4, -0.2) is 12.6 Å².